The van der Waals surface area contributed by atoms with Crippen molar-refractivity contribution in [3.8, 4) is 11.3 Å². The Morgan fingerprint density at radius 3 is 2.64 bits per heavy atom. The van der Waals surface area contributed by atoms with Gasteiger partial charge in [-0.25, -0.2) is 9.50 Å². The van der Waals surface area contributed by atoms with Crippen LogP contribution in [0.2, 0.25) is 0 Å². The van der Waals surface area contributed by atoms with Crippen molar-refractivity contribution in [1.82, 2.24) is 14.6 Å². The van der Waals surface area contributed by atoms with Gasteiger partial charge in [0.1, 0.15) is 17.2 Å². The molecule has 0 fully saturated rings. The lowest BCUT2D eigenvalue weighted by molar-refractivity contribution is 0.632. The summed E-state index contributed by atoms with van der Waals surface area (Å²) in [5, 5.41) is 8.75. The van der Waals surface area contributed by atoms with Crippen molar-refractivity contribution in [3.05, 3.63) is 79.1 Å². The van der Waals surface area contributed by atoms with Crippen LogP contribution < -0.4 is 5.32 Å². The van der Waals surface area contributed by atoms with Crippen molar-refractivity contribution in [3.63, 3.8) is 0 Å². The van der Waals surface area contributed by atoms with Gasteiger partial charge in [-0.05, 0) is 30.3 Å². The van der Waals surface area contributed by atoms with Crippen LogP contribution in [-0.2, 0) is 0 Å². The summed E-state index contributed by atoms with van der Waals surface area (Å²) in [6.07, 6.45) is 3.67. The number of nitrogens with one attached hydrogen (secondary N) is 1. The van der Waals surface area contributed by atoms with Crippen LogP contribution in [0.3, 0.4) is 0 Å². The van der Waals surface area contributed by atoms with Gasteiger partial charge in [0.25, 0.3) is 0 Å². The van der Waals surface area contributed by atoms with E-state index in [4.69, 9.17) is 9.40 Å². The normalized spacial score (nSPS) is 11.2. The van der Waals surface area contributed by atoms with Crippen molar-refractivity contribution in [2.24, 2.45) is 0 Å². The van der Waals surface area contributed by atoms with E-state index in [1.807, 2.05) is 72.9 Å². The maximum atomic E-state index is 5.96. The molecule has 5 heteroatoms. The largest absolute Gasteiger partial charge is 0.456 e. The van der Waals surface area contributed by atoms with E-state index < -0.39 is 0 Å². The molecular weight excluding hydrogens is 312 g/mol. The number of benzene rings is 2. The quantitative estimate of drug-likeness (QED) is 0.513. The van der Waals surface area contributed by atoms with Gasteiger partial charge in [0, 0.05) is 17.3 Å². The van der Waals surface area contributed by atoms with E-state index >= 15 is 0 Å². The van der Waals surface area contributed by atoms with E-state index in [-0.39, 0.29) is 0 Å². The van der Waals surface area contributed by atoms with Crippen LogP contribution in [0.25, 0.3) is 27.9 Å². The molecule has 0 amide bonds. The third-order valence-corrected chi connectivity index (χ3v) is 4.11. The highest BCUT2D eigenvalue weighted by molar-refractivity contribution is 5.86. The first-order chi connectivity index (χ1) is 12.4. The molecule has 0 aliphatic heterocycles. The zero-order valence-corrected chi connectivity index (χ0v) is 13.3. The molecule has 5 aromatic rings. The molecule has 0 spiro atoms. The minimum Gasteiger partial charge on any atom is -0.456 e. The minimum atomic E-state index is 0.750. The smallest absolute Gasteiger partial charge is 0.168 e. The third-order valence-electron chi connectivity index (χ3n) is 4.11. The second kappa shape index (κ2) is 5.49. The Balaban J connectivity index is 1.60. The summed E-state index contributed by atoms with van der Waals surface area (Å²) in [4.78, 5) is 4.71. The average Bonchev–Trinajstić information content (AvgIpc) is 3.25. The summed E-state index contributed by atoms with van der Waals surface area (Å²) in [6, 6.07) is 21.8. The summed E-state index contributed by atoms with van der Waals surface area (Å²) < 4.78 is 7.71. The number of fused-ring (bicyclic) bond motifs is 2. The SMILES string of the molecule is c1ccc(Nc2ccn3ncc(-c4cc5ccccc5o4)c3n2)cc1. The van der Waals surface area contributed by atoms with Crippen LogP contribution >= 0.6 is 0 Å². The van der Waals surface area contributed by atoms with Gasteiger partial charge < -0.3 is 9.73 Å². The highest BCUT2D eigenvalue weighted by Crippen LogP contribution is 2.30. The van der Waals surface area contributed by atoms with Crippen LogP contribution in [-0.4, -0.2) is 14.6 Å². The van der Waals surface area contributed by atoms with Crippen molar-refractivity contribution < 1.29 is 4.42 Å². The number of nitrogens with zero attached hydrogens (tertiary/aromatic N) is 3. The van der Waals surface area contributed by atoms with E-state index in [9.17, 15) is 0 Å². The summed E-state index contributed by atoms with van der Waals surface area (Å²) in [5.41, 5.74) is 3.47. The fourth-order valence-electron chi connectivity index (χ4n) is 2.90. The van der Waals surface area contributed by atoms with Gasteiger partial charge in [-0.1, -0.05) is 36.4 Å². The van der Waals surface area contributed by atoms with Crippen LogP contribution in [0, 0.1) is 0 Å². The molecule has 0 radical (unpaired) electrons. The molecule has 0 aliphatic carbocycles. The van der Waals surface area contributed by atoms with E-state index in [0.29, 0.717) is 0 Å². The topological polar surface area (TPSA) is 55.4 Å². The van der Waals surface area contributed by atoms with Gasteiger partial charge in [0.2, 0.25) is 0 Å². The highest BCUT2D eigenvalue weighted by atomic mass is 16.3. The van der Waals surface area contributed by atoms with Gasteiger partial charge in [0.05, 0.1) is 11.8 Å². The Labute approximate surface area is 143 Å². The number of furan rings is 1. The standard InChI is InChI=1S/C20H14N4O/c1-2-7-15(8-3-1)22-19-10-11-24-20(23-19)16(13-21-24)18-12-14-6-4-5-9-17(14)25-18/h1-13H,(H,22,23). The van der Waals surface area contributed by atoms with Crippen molar-refractivity contribution in [1.29, 1.82) is 0 Å². The molecule has 0 saturated heterocycles. The molecule has 5 rings (SSSR count). The zero-order chi connectivity index (χ0) is 16.6. The van der Waals surface area contributed by atoms with Gasteiger partial charge in [-0.15, -0.1) is 0 Å². The first-order valence-corrected chi connectivity index (χ1v) is 8.02. The lowest BCUT2D eigenvalue weighted by Crippen LogP contribution is -1.97. The van der Waals surface area contributed by atoms with E-state index in [1.54, 1.807) is 10.7 Å². The van der Waals surface area contributed by atoms with E-state index in [0.717, 1.165) is 39.4 Å². The fraction of sp³-hybridized carbons (Fsp3) is 0. The molecule has 0 atom stereocenters. The van der Waals surface area contributed by atoms with Crippen molar-refractivity contribution >= 4 is 28.1 Å². The fourth-order valence-corrected chi connectivity index (χ4v) is 2.90. The van der Waals surface area contributed by atoms with Crippen LogP contribution in [0.1, 0.15) is 0 Å². The molecule has 1 N–H and O–H groups in total. The Morgan fingerprint density at radius 1 is 0.920 bits per heavy atom. The molecule has 0 aliphatic rings. The predicted molar refractivity (Wildman–Crippen MR) is 97.9 cm³/mol. The molecule has 120 valence electrons. The number of hydrogen-bond acceptors (Lipinski definition) is 4. The third kappa shape index (κ3) is 2.42. The second-order valence-corrected chi connectivity index (χ2v) is 5.78. The summed E-state index contributed by atoms with van der Waals surface area (Å²) in [7, 11) is 0. The number of hydrogen-bond donors (Lipinski definition) is 1. The number of anilines is 2. The van der Waals surface area contributed by atoms with Crippen molar-refractivity contribution in [2.75, 3.05) is 5.32 Å². The van der Waals surface area contributed by atoms with E-state index in [2.05, 4.69) is 10.4 Å². The maximum Gasteiger partial charge on any atom is 0.168 e. The maximum absolute atomic E-state index is 5.96. The Kier molecular flexibility index (Phi) is 3.03. The van der Waals surface area contributed by atoms with Gasteiger partial charge in [-0.2, -0.15) is 5.10 Å². The van der Waals surface area contributed by atoms with E-state index in [1.165, 1.54) is 0 Å². The molecule has 5 nitrogen and oxygen atoms in total. The Bertz CT molecular complexity index is 1140. The zero-order valence-electron chi connectivity index (χ0n) is 13.3. The molecule has 2 aromatic carbocycles. The monoisotopic (exact) mass is 326 g/mol. The summed E-state index contributed by atoms with van der Waals surface area (Å²) in [5.74, 6) is 1.53. The molecule has 25 heavy (non-hydrogen) atoms. The summed E-state index contributed by atoms with van der Waals surface area (Å²) in [6.45, 7) is 0. The Hall–Kier alpha value is -3.60. The lowest BCUT2D eigenvalue weighted by Gasteiger charge is -2.05. The summed E-state index contributed by atoms with van der Waals surface area (Å²) >= 11 is 0. The average molecular weight is 326 g/mol. The number of para-hydroxylation sites is 2. The number of rotatable bonds is 3. The van der Waals surface area contributed by atoms with Crippen molar-refractivity contribution in [2.45, 2.75) is 0 Å². The minimum absolute atomic E-state index is 0.750. The first kappa shape index (κ1) is 13.8. The molecule has 3 aromatic heterocycles. The predicted octanol–water partition coefficient (Wildman–Crippen LogP) is 4.89. The van der Waals surface area contributed by atoms with Crippen LogP contribution in [0.4, 0.5) is 11.5 Å². The Morgan fingerprint density at radius 2 is 1.76 bits per heavy atom. The van der Waals surface area contributed by atoms with Gasteiger partial charge in [0.15, 0.2) is 5.65 Å². The van der Waals surface area contributed by atoms with Gasteiger partial charge in [-0.3, -0.25) is 0 Å². The molecule has 0 unspecified atom stereocenters. The van der Waals surface area contributed by atoms with Gasteiger partial charge >= 0.3 is 0 Å². The molecule has 0 saturated carbocycles. The lowest BCUT2D eigenvalue weighted by atomic mass is 10.2. The first-order valence-electron chi connectivity index (χ1n) is 8.02. The number of aromatic nitrogens is 3. The second-order valence-electron chi connectivity index (χ2n) is 5.78. The van der Waals surface area contributed by atoms with Crippen LogP contribution in [0.15, 0.2) is 83.5 Å². The highest BCUT2D eigenvalue weighted by Gasteiger charge is 2.13. The molecule has 0 bridgehead atoms. The molecular formula is C20H14N4O. The molecule has 3 heterocycles. The van der Waals surface area contributed by atoms with Crippen LogP contribution in [0.5, 0.6) is 0 Å².